The van der Waals surface area contributed by atoms with Crippen LogP contribution >= 0.6 is 11.3 Å². The number of alkyl halides is 3. The number of pyridine rings is 1. The molecule has 2 aliphatic carbocycles. The molecule has 0 spiro atoms. The third-order valence-corrected chi connectivity index (χ3v) is 8.45. The van der Waals surface area contributed by atoms with Gasteiger partial charge in [0.15, 0.2) is 9.92 Å². The normalized spacial score (nSPS) is 18.2. The van der Waals surface area contributed by atoms with Gasteiger partial charge in [-0.2, -0.15) is 13.2 Å². The number of carbonyl (C=O) groups is 1. The summed E-state index contributed by atoms with van der Waals surface area (Å²) < 4.78 is 57.6. The topological polar surface area (TPSA) is 131 Å². The number of anilines is 1. The first-order chi connectivity index (χ1) is 14.8. The Hall–Kier alpha value is -2.09. The molecule has 4 N–H and O–H groups in total. The lowest BCUT2D eigenvalue weighted by Gasteiger charge is -2.19. The first-order valence-corrected chi connectivity index (χ1v) is 12.3. The number of aryl methyl sites for hydroxylation is 1. The molecule has 1 saturated carbocycles. The Morgan fingerprint density at radius 1 is 1.34 bits per heavy atom. The molecule has 0 aliphatic heterocycles. The zero-order valence-corrected chi connectivity index (χ0v) is 19.0. The number of urea groups is 1. The van der Waals surface area contributed by atoms with Crippen LogP contribution in [0.2, 0.25) is 0 Å². The molecule has 4 rings (SSSR count). The van der Waals surface area contributed by atoms with E-state index in [9.17, 15) is 27.3 Å². The van der Waals surface area contributed by atoms with E-state index in [4.69, 9.17) is 5.14 Å². The number of carbonyl (C=O) groups excluding carboxylic acids is 1. The van der Waals surface area contributed by atoms with Crippen molar-refractivity contribution in [1.82, 2.24) is 9.97 Å². The molecule has 174 valence electrons. The number of aromatic nitrogens is 2. The van der Waals surface area contributed by atoms with E-state index in [0.717, 1.165) is 11.3 Å². The van der Waals surface area contributed by atoms with Crippen LogP contribution in [-0.2, 0) is 34.5 Å². The quantitative estimate of drug-likeness (QED) is 0.596. The molecular weight excluding hydrogens is 467 g/mol. The highest BCUT2D eigenvalue weighted by molar-refractivity contribution is 7.93. The van der Waals surface area contributed by atoms with Crippen LogP contribution in [0.3, 0.4) is 0 Å². The highest BCUT2D eigenvalue weighted by Gasteiger charge is 2.43. The standard InChI is InChI=1S/C19H22F3N5O3S2/c1-18(2,29)16-24-8-12(31-16)32(23,30)27-17(28)26-14-10-4-3-5-11(10)25-15(19(20,21)22)13(14)9-6-7-9/h8-9,29H,3-7H2,1-2H3,(H3,23,25,26,27,28,30). The number of hydrogen-bond donors (Lipinski definition) is 3. The summed E-state index contributed by atoms with van der Waals surface area (Å²) in [4.78, 5) is 20.5. The van der Waals surface area contributed by atoms with E-state index in [-0.39, 0.29) is 26.4 Å². The summed E-state index contributed by atoms with van der Waals surface area (Å²) in [7, 11) is -3.72. The summed E-state index contributed by atoms with van der Waals surface area (Å²) in [5.74, 6) is -0.349. The molecule has 1 unspecified atom stereocenters. The predicted molar refractivity (Wildman–Crippen MR) is 113 cm³/mol. The number of aliphatic hydroxyl groups is 1. The fourth-order valence-corrected chi connectivity index (χ4v) is 5.76. The van der Waals surface area contributed by atoms with Crippen molar-refractivity contribution in [2.75, 3.05) is 5.32 Å². The fourth-order valence-electron chi connectivity index (χ4n) is 3.70. The van der Waals surface area contributed by atoms with Gasteiger partial charge in [0.05, 0.1) is 11.9 Å². The van der Waals surface area contributed by atoms with Gasteiger partial charge in [0, 0.05) is 11.3 Å². The maximum Gasteiger partial charge on any atom is 0.433 e. The molecule has 2 aromatic heterocycles. The third kappa shape index (κ3) is 4.51. The minimum absolute atomic E-state index is 0.0249. The van der Waals surface area contributed by atoms with E-state index in [0.29, 0.717) is 43.4 Å². The van der Waals surface area contributed by atoms with E-state index in [1.807, 2.05) is 0 Å². The van der Waals surface area contributed by atoms with Crippen LogP contribution < -0.4 is 10.5 Å². The zero-order chi connectivity index (χ0) is 23.5. The Morgan fingerprint density at radius 2 is 2.03 bits per heavy atom. The lowest BCUT2D eigenvalue weighted by atomic mass is 10.00. The maximum absolute atomic E-state index is 13.7. The lowest BCUT2D eigenvalue weighted by molar-refractivity contribution is -0.141. The van der Waals surface area contributed by atoms with Gasteiger partial charge in [0.2, 0.25) is 0 Å². The molecule has 1 fully saturated rings. The van der Waals surface area contributed by atoms with Crippen molar-refractivity contribution in [2.24, 2.45) is 9.50 Å². The van der Waals surface area contributed by atoms with Crippen LogP contribution in [0, 0.1) is 0 Å². The Labute approximate surface area is 186 Å². The van der Waals surface area contributed by atoms with Crippen molar-refractivity contribution in [3.63, 3.8) is 0 Å². The molecular formula is C19H22F3N5O3S2. The first-order valence-electron chi connectivity index (χ1n) is 9.95. The number of halogens is 3. The van der Waals surface area contributed by atoms with Gasteiger partial charge in [-0.1, -0.05) is 0 Å². The average Bonchev–Trinajstić information content (AvgIpc) is 3.15. The number of hydrogen-bond acceptors (Lipinski definition) is 6. The van der Waals surface area contributed by atoms with Crippen molar-refractivity contribution in [2.45, 2.75) is 67.9 Å². The van der Waals surface area contributed by atoms with Gasteiger partial charge in [0.25, 0.3) is 0 Å². The minimum Gasteiger partial charge on any atom is -0.383 e. The van der Waals surface area contributed by atoms with Crippen LogP contribution in [0.5, 0.6) is 0 Å². The third-order valence-electron chi connectivity index (χ3n) is 5.26. The van der Waals surface area contributed by atoms with E-state index in [1.54, 1.807) is 0 Å². The Balaban J connectivity index is 1.73. The van der Waals surface area contributed by atoms with E-state index in [1.165, 1.54) is 20.0 Å². The fraction of sp³-hybridized carbons (Fsp3) is 0.526. The van der Waals surface area contributed by atoms with Gasteiger partial charge < -0.3 is 10.4 Å². The van der Waals surface area contributed by atoms with Crippen molar-refractivity contribution in [3.8, 4) is 0 Å². The van der Waals surface area contributed by atoms with Gasteiger partial charge in [-0.05, 0) is 57.4 Å². The molecule has 2 amide bonds. The molecule has 2 aliphatic rings. The number of thiazole rings is 1. The monoisotopic (exact) mass is 489 g/mol. The molecule has 8 nitrogen and oxygen atoms in total. The summed E-state index contributed by atoms with van der Waals surface area (Å²) in [6, 6.07) is -1.11. The Morgan fingerprint density at radius 3 is 2.59 bits per heavy atom. The van der Waals surface area contributed by atoms with Crippen molar-refractivity contribution in [3.05, 3.63) is 33.7 Å². The maximum atomic E-state index is 13.7. The number of fused-ring (bicyclic) bond motifs is 1. The molecule has 1 atom stereocenters. The molecule has 0 aromatic carbocycles. The Kier molecular flexibility index (Phi) is 5.59. The second-order valence-corrected chi connectivity index (χ2v) is 11.5. The van der Waals surface area contributed by atoms with Crippen LogP contribution in [0.4, 0.5) is 23.7 Å². The van der Waals surface area contributed by atoms with E-state index >= 15 is 0 Å². The molecule has 0 bridgehead atoms. The van der Waals surface area contributed by atoms with Crippen molar-refractivity contribution >= 4 is 33.0 Å². The average molecular weight is 490 g/mol. The number of nitrogens with one attached hydrogen (secondary N) is 1. The van der Waals surface area contributed by atoms with Crippen LogP contribution in [0.15, 0.2) is 14.8 Å². The molecule has 0 saturated heterocycles. The molecule has 32 heavy (non-hydrogen) atoms. The summed E-state index contributed by atoms with van der Waals surface area (Å²) in [5, 5.41) is 18.5. The van der Waals surface area contributed by atoms with Gasteiger partial charge in [-0.15, -0.1) is 15.7 Å². The number of rotatable bonds is 4. The van der Waals surface area contributed by atoms with Crippen molar-refractivity contribution < 1.29 is 27.3 Å². The van der Waals surface area contributed by atoms with E-state index < -0.39 is 33.4 Å². The summed E-state index contributed by atoms with van der Waals surface area (Å²) in [6.45, 7) is 2.97. The van der Waals surface area contributed by atoms with Crippen LogP contribution in [0.25, 0.3) is 0 Å². The van der Waals surface area contributed by atoms with Gasteiger partial charge in [-0.3, -0.25) is 0 Å². The number of nitrogens with zero attached hydrogens (tertiary/aromatic N) is 3. The van der Waals surface area contributed by atoms with Gasteiger partial charge in [-0.25, -0.2) is 24.1 Å². The highest BCUT2D eigenvalue weighted by atomic mass is 32.2. The van der Waals surface area contributed by atoms with Gasteiger partial charge in [0.1, 0.15) is 20.5 Å². The molecule has 2 heterocycles. The first kappa shape index (κ1) is 23.1. The smallest absolute Gasteiger partial charge is 0.383 e. The molecule has 0 radical (unpaired) electrons. The number of nitrogens with two attached hydrogens (primary N) is 1. The zero-order valence-electron chi connectivity index (χ0n) is 17.3. The summed E-state index contributed by atoms with van der Waals surface area (Å²) >= 11 is 0.845. The Bertz CT molecular complexity index is 1210. The highest BCUT2D eigenvalue weighted by Crippen LogP contribution is 2.50. The van der Waals surface area contributed by atoms with Crippen LogP contribution in [-0.4, -0.2) is 25.3 Å². The predicted octanol–water partition coefficient (Wildman–Crippen LogP) is 4.08. The molecule has 2 aromatic rings. The summed E-state index contributed by atoms with van der Waals surface area (Å²) in [6.07, 6.45) is -0.866. The largest absolute Gasteiger partial charge is 0.433 e. The number of amides is 2. The van der Waals surface area contributed by atoms with Crippen molar-refractivity contribution in [1.29, 1.82) is 0 Å². The second-order valence-electron chi connectivity index (χ2n) is 8.43. The summed E-state index contributed by atoms with van der Waals surface area (Å²) in [5.41, 5.74) is -1.38. The van der Waals surface area contributed by atoms with Gasteiger partial charge >= 0.3 is 12.2 Å². The van der Waals surface area contributed by atoms with E-state index in [2.05, 4.69) is 19.6 Å². The lowest BCUT2D eigenvalue weighted by Crippen LogP contribution is -2.21. The minimum atomic E-state index is -4.66. The SMILES string of the molecule is CC(C)(O)c1ncc(S(N)(=O)=NC(=O)Nc2c3c(nc(C(F)(F)F)c2C2CC2)CCC3)s1. The van der Waals surface area contributed by atoms with Crippen LogP contribution in [0.1, 0.15) is 66.6 Å². The molecule has 13 heteroatoms. The second kappa shape index (κ2) is 7.75.